The molecule has 2 aromatic rings. The van der Waals surface area contributed by atoms with Gasteiger partial charge in [-0.1, -0.05) is 0 Å². The van der Waals surface area contributed by atoms with Crippen molar-refractivity contribution < 1.29 is 14.0 Å². The Balaban J connectivity index is 1.51. The van der Waals surface area contributed by atoms with Crippen LogP contribution in [0.15, 0.2) is 30.3 Å². The summed E-state index contributed by atoms with van der Waals surface area (Å²) in [5.41, 5.74) is 1.71. The minimum Gasteiger partial charge on any atom is -0.335 e. The first kappa shape index (κ1) is 16.0. The zero-order chi connectivity index (χ0) is 17.1. The number of anilines is 1. The summed E-state index contributed by atoms with van der Waals surface area (Å²) in [6, 6.07) is 6.71. The molecule has 1 saturated heterocycles. The molecule has 1 aromatic carbocycles. The third kappa shape index (κ3) is 3.70. The Hall–Kier alpha value is -2.90. The number of amides is 3. The summed E-state index contributed by atoms with van der Waals surface area (Å²) in [4.78, 5) is 25.9. The maximum absolute atomic E-state index is 12.8. The van der Waals surface area contributed by atoms with Crippen LogP contribution in [0.25, 0.3) is 0 Å². The number of aromatic nitrogens is 2. The average Bonchev–Trinajstić information content (AvgIpc) is 3.18. The number of carbonyl (C=O) groups is 2. The Morgan fingerprint density at radius 2 is 2.08 bits per heavy atom. The number of benzene rings is 1. The minimum atomic E-state index is -0.378. The number of carbonyl (C=O) groups excluding carboxylic acids is 2. The summed E-state index contributed by atoms with van der Waals surface area (Å²) < 4.78 is 12.8. The molecule has 3 rings (SSSR count). The van der Waals surface area contributed by atoms with Gasteiger partial charge in [0.05, 0.1) is 0 Å². The second kappa shape index (κ2) is 6.69. The number of urea groups is 1. The Morgan fingerprint density at radius 1 is 1.33 bits per heavy atom. The lowest BCUT2D eigenvalue weighted by atomic mass is 10.2. The number of nitrogens with zero attached hydrogens (tertiary/aromatic N) is 2. The Labute approximate surface area is 138 Å². The third-order valence-electron chi connectivity index (χ3n) is 3.84. The van der Waals surface area contributed by atoms with Crippen LogP contribution in [0.3, 0.4) is 0 Å². The van der Waals surface area contributed by atoms with Gasteiger partial charge in [0.25, 0.3) is 5.91 Å². The van der Waals surface area contributed by atoms with Crippen LogP contribution in [-0.2, 0) is 0 Å². The fourth-order valence-electron chi connectivity index (χ4n) is 2.64. The Bertz CT molecular complexity index is 743. The van der Waals surface area contributed by atoms with Crippen molar-refractivity contribution in [1.82, 2.24) is 20.4 Å². The Morgan fingerprint density at radius 3 is 2.75 bits per heavy atom. The first-order valence-electron chi connectivity index (χ1n) is 7.65. The molecule has 1 aliphatic rings. The van der Waals surface area contributed by atoms with Crippen LogP contribution in [0.2, 0.25) is 0 Å². The molecule has 0 radical (unpaired) electrons. The van der Waals surface area contributed by atoms with E-state index < -0.39 is 0 Å². The first-order valence-corrected chi connectivity index (χ1v) is 7.65. The van der Waals surface area contributed by atoms with E-state index >= 15 is 0 Å². The van der Waals surface area contributed by atoms with E-state index in [0.29, 0.717) is 30.9 Å². The number of nitrogens with one attached hydrogen (secondary N) is 3. The van der Waals surface area contributed by atoms with E-state index in [9.17, 15) is 14.0 Å². The predicted molar refractivity (Wildman–Crippen MR) is 86.2 cm³/mol. The predicted octanol–water partition coefficient (Wildman–Crippen LogP) is 1.89. The minimum absolute atomic E-state index is 0.130. The highest BCUT2D eigenvalue weighted by atomic mass is 19.1. The van der Waals surface area contributed by atoms with E-state index in [-0.39, 0.29) is 23.8 Å². The highest BCUT2D eigenvalue weighted by Crippen LogP contribution is 2.14. The number of likely N-dealkylation sites (tertiary alicyclic amines) is 1. The number of aryl methyl sites for hydroxylation is 1. The number of H-pyrrole nitrogens is 1. The van der Waals surface area contributed by atoms with E-state index in [0.717, 1.165) is 5.69 Å². The molecular weight excluding hydrogens is 313 g/mol. The van der Waals surface area contributed by atoms with Crippen LogP contribution in [0.4, 0.5) is 14.9 Å². The van der Waals surface area contributed by atoms with Crippen LogP contribution in [0.1, 0.15) is 22.6 Å². The van der Waals surface area contributed by atoms with Crippen molar-refractivity contribution in [3.8, 4) is 0 Å². The largest absolute Gasteiger partial charge is 0.335 e. The van der Waals surface area contributed by atoms with Gasteiger partial charge >= 0.3 is 6.03 Å². The maximum Gasteiger partial charge on any atom is 0.319 e. The van der Waals surface area contributed by atoms with E-state index in [1.807, 2.05) is 6.92 Å². The monoisotopic (exact) mass is 331 g/mol. The number of hydrogen-bond donors (Lipinski definition) is 3. The number of halogens is 1. The summed E-state index contributed by atoms with van der Waals surface area (Å²) in [6.07, 6.45) is 0.673. The lowest BCUT2D eigenvalue weighted by Gasteiger charge is -2.16. The van der Waals surface area contributed by atoms with Crippen LogP contribution >= 0.6 is 0 Å². The van der Waals surface area contributed by atoms with Gasteiger partial charge in [0.2, 0.25) is 0 Å². The van der Waals surface area contributed by atoms with Crippen molar-refractivity contribution >= 4 is 17.6 Å². The zero-order valence-electron chi connectivity index (χ0n) is 13.2. The SMILES string of the molecule is Cc1cc(C(=O)N2CC[C@@H](NC(=O)Nc3ccc(F)cc3)C2)n[nH]1. The van der Waals surface area contributed by atoms with Crippen LogP contribution in [0, 0.1) is 12.7 Å². The molecule has 0 aliphatic carbocycles. The molecule has 1 aliphatic heterocycles. The van der Waals surface area contributed by atoms with Gasteiger partial charge in [-0.25, -0.2) is 9.18 Å². The van der Waals surface area contributed by atoms with Crippen molar-refractivity contribution in [2.75, 3.05) is 18.4 Å². The molecule has 1 fully saturated rings. The van der Waals surface area contributed by atoms with Crippen molar-refractivity contribution in [2.24, 2.45) is 0 Å². The topological polar surface area (TPSA) is 90.1 Å². The third-order valence-corrected chi connectivity index (χ3v) is 3.84. The molecule has 24 heavy (non-hydrogen) atoms. The normalized spacial score (nSPS) is 16.9. The quantitative estimate of drug-likeness (QED) is 0.802. The smallest absolute Gasteiger partial charge is 0.319 e. The summed E-state index contributed by atoms with van der Waals surface area (Å²) in [5.74, 6) is -0.512. The van der Waals surface area contributed by atoms with Crippen LogP contribution in [-0.4, -0.2) is 46.2 Å². The van der Waals surface area contributed by atoms with Crippen molar-refractivity contribution in [3.63, 3.8) is 0 Å². The van der Waals surface area contributed by atoms with Gasteiger partial charge in [0, 0.05) is 30.5 Å². The molecule has 2 heterocycles. The molecule has 0 spiro atoms. The van der Waals surface area contributed by atoms with Crippen LogP contribution < -0.4 is 10.6 Å². The van der Waals surface area contributed by atoms with Crippen molar-refractivity contribution in [3.05, 3.63) is 47.5 Å². The Kier molecular flexibility index (Phi) is 4.45. The van der Waals surface area contributed by atoms with E-state index in [4.69, 9.17) is 0 Å². The van der Waals surface area contributed by atoms with Gasteiger partial charge in [-0.05, 0) is 43.7 Å². The molecule has 1 aromatic heterocycles. The maximum atomic E-state index is 12.8. The standard InChI is InChI=1S/C16H18FN5O2/c1-10-8-14(21-20-10)15(23)22-7-6-13(9-22)19-16(24)18-12-4-2-11(17)3-5-12/h2-5,8,13H,6-7,9H2,1H3,(H,20,21)(H2,18,19,24)/t13-/m1/s1. The van der Waals surface area contributed by atoms with Crippen molar-refractivity contribution in [1.29, 1.82) is 0 Å². The summed E-state index contributed by atoms with van der Waals surface area (Å²) in [6.45, 7) is 2.83. The van der Waals surface area contributed by atoms with Gasteiger partial charge in [-0.15, -0.1) is 0 Å². The number of rotatable bonds is 3. The van der Waals surface area contributed by atoms with Crippen molar-refractivity contribution in [2.45, 2.75) is 19.4 Å². The fraction of sp³-hybridized carbons (Fsp3) is 0.312. The van der Waals surface area contributed by atoms with Gasteiger partial charge in [0.1, 0.15) is 11.5 Å². The number of hydrogen-bond acceptors (Lipinski definition) is 3. The molecule has 0 bridgehead atoms. The second-order valence-electron chi connectivity index (χ2n) is 5.78. The zero-order valence-corrected chi connectivity index (χ0v) is 13.2. The number of aromatic amines is 1. The average molecular weight is 331 g/mol. The molecular formula is C16H18FN5O2. The lowest BCUT2D eigenvalue weighted by Crippen LogP contribution is -2.40. The molecule has 3 amide bonds. The van der Waals surface area contributed by atoms with Crippen LogP contribution in [0.5, 0.6) is 0 Å². The van der Waals surface area contributed by atoms with E-state index in [2.05, 4.69) is 20.8 Å². The van der Waals surface area contributed by atoms with E-state index in [1.54, 1.807) is 11.0 Å². The second-order valence-corrected chi connectivity index (χ2v) is 5.78. The molecule has 0 saturated carbocycles. The fourth-order valence-corrected chi connectivity index (χ4v) is 2.64. The lowest BCUT2D eigenvalue weighted by molar-refractivity contribution is 0.0783. The molecule has 3 N–H and O–H groups in total. The summed E-state index contributed by atoms with van der Waals surface area (Å²) in [5, 5.41) is 12.2. The van der Waals surface area contributed by atoms with E-state index in [1.165, 1.54) is 24.3 Å². The molecule has 1 atom stereocenters. The summed E-state index contributed by atoms with van der Waals surface area (Å²) in [7, 11) is 0. The molecule has 0 unspecified atom stereocenters. The highest BCUT2D eigenvalue weighted by molar-refractivity contribution is 5.93. The molecule has 7 nitrogen and oxygen atoms in total. The molecule has 126 valence electrons. The summed E-state index contributed by atoms with van der Waals surface area (Å²) >= 11 is 0. The van der Waals surface area contributed by atoms with Gasteiger partial charge < -0.3 is 15.5 Å². The molecule has 8 heteroatoms. The van der Waals surface area contributed by atoms with Gasteiger partial charge in [-0.3, -0.25) is 9.89 Å². The highest BCUT2D eigenvalue weighted by Gasteiger charge is 2.29. The van der Waals surface area contributed by atoms with Gasteiger partial charge in [0.15, 0.2) is 0 Å². The van der Waals surface area contributed by atoms with Gasteiger partial charge in [-0.2, -0.15) is 5.10 Å². The first-order chi connectivity index (χ1) is 11.5.